The zero-order valence-electron chi connectivity index (χ0n) is 10.3. The number of hydrogen-bond donors (Lipinski definition) is 2. The first-order valence-electron chi connectivity index (χ1n) is 5.97. The Balaban J connectivity index is 1.83. The Morgan fingerprint density at radius 3 is 2.95 bits per heavy atom. The van der Waals surface area contributed by atoms with E-state index >= 15 is 0 Å². The van der Waals surface area contributed by atoms with Crippen LogP contribution in [0.25, 0.3) is 10.9 Å². The number of anilines is 1. The molecule has 2 heterocycles. The predicted molar refractivity (Wildman–Crippen MR) is 75.5 cm³/mol. The van der Waals surface area contributed by atoms with Gasteiger partial charge in [-0.3, -0.25) is 10.1 Å². The molecular formula is C13H12N4OS. The van der Waals surface area contributed by atoms with Gasteiger partial charge in [-0.1, -0.05) is 36.5 Å². The number of carbonyl (C=O) groups is 1. The number of rotatable bonds is 3. The van der Waals surface area contributed by atoms with Crippen LogP contribution >= 0.6 is 11.3 Å². The molecule has 96 valence electrons. The number of aryl methyl sites for hydroxylation is 1. The molecule has 0 saturated heterocycles. The third kappa shape index (κ3) is 2.34. The van der Waals surface area contributed by atoms with Crippen LogP contribution in [0, 0.1) is 0 Å². The van der Waals surface area contributed by atoms with Gasteiger partial charge in [0.25, 0.3) is 5.91 Å². The van der Waals surface area contributed by atoms with Crippen molar-refractivity contribution in [3.63, 3.8) is 0 Å². The summed E-state index contributed by atoms with van der Waals surface area (Å²) < 4.78 is 0. The summed E-state index contributed by atoms with van der Waals surface area (Å²) in [4.78, 5) is 15.2. The topological polar surface area (TPSA) is 70.7 Å². The van der Waals surface area contributed by atoms with Crippen molar-refractivity contribution in [2.24, 2.45) is 0 Å². The summed E-state index contributed by atoms with van der Waals surface area (Å²) in [6, 6.07) is 9.59. The highest BCUT2D eigenvalue weighted by atomic mass is 32.1. The van der Waals surface area contributed by atoms with Gasteiger partial charge in [0.2, 0.25) is 5.13 Å². The van der Waals surface area contributed by atoms with Gasteiger partial charge in [0, 0.05) is 10.9 Å². The van der Waals surface area contributed by atoms with Crippen LogP contribution in [0.2, 0.25) is 0 Å². The highest BCUT2D eigenvalue weighted by Crippen LogP contribution is 2.18. The smallest absolute Gasteiger partial charge is 0.273 e. The van der Waals surface area contributed by atoms with E-state index in [1.807, 2.05) is 37.3 Å². The maximum Gasteiger partial charge on any atom is 0.273 e. The Labute approximate surface area is 113 Å². The first-order valence-corrected chi connectivity index (χ1v) is 6.79. The highest BCUT2D eigenvalue weighted by molar-refractivity contribution is 7.15. The largest absolute Gasteiger partial charge is 0.351 e. The zero-order chi connectivity index (χ0) is 13.2. The number of H-pyrrole nitrogens is 1. The normalized spacial score (nSPS) is 10.8. The van der Waals surface area contributed by atoms with Gasteiger partial charge in [-0.05, 0) is 18.6 Å². The fourth-order valence-electron chi connectivity index (χ4n) is 1.81. The van der Waals surface area contributed by atoms with Crippen LogP contribution in [0.1, 0.15) is 22.4 Å². The minimum atomic E-state index is -0.199. The van der Waals surface area contributed by atoms with Crippen molar-refractivity contribution < 1.29 is 4.79 Å². The lowest BCUT2D eigenvalue weighted by Crippen LogP contribution is -2.11. The molecule has 0 unspecified atom stereocenters. The standard InChI is InChI=1S/C13H12N4OS/c1-2-11-16-17-13(19-11)15-12(18)10-7-8-5-3-4-6-9(8)14-10/h3-7,14H,2H2,1H3,(H,15,17,18). The molecule has 0 spiro atoms. The number of nitrogens with one attached hydrogen (secondary N) is 2. The molecule has 2 aromatic heterocycles. The Hall–Kier alpha value is -2.21. The fourth-order valence-corrected chi connectivity index (χ4v) is 2.48. The number of fused-ring (bicyclic) bond motifs is 1. The number of hydrogen-bond acceptors (Lipinski definition) is 4. The Bertz CT molecular complexity index is 698. The molecule has 0 bridgehead atoms. The minimum absolute atomic E-state index is 0.199. The monoisotopic (exact) mass is 272 g/mol. The summed E-state index contributed by atoms with van der Waals surface area (Å²) in [6.45, 7) is 2.00. The average Bonchev–Trinajstić information content (AvgIpc) is 3.04. The number of carbonyl (C=O) groups excluding carboxylic acids is 1. The molecule has 0 fully saturated rings. The van der Waals surface area contributed by atoms with Crippen LogP contribution < -0.4 is 5.32 Å². The molecule has 0 aliphatic heterocycles. The summed E-state index contributed by atoms with van der Waals surface area (Å²) in [5, 5.41) is 13.1. The summed E-state index contributed by atoms with van der Waals surface area (Å²) >= 11 is 1.39. The van der Waals surface area contributed by atoms with E-state index in [1.165, 1.54) is 11.3 Å². The van der Waals surface area contributed by atoms with Gasteiger partial charge in [-0.15, -0.1) is 10.2 Å². The Morgan fingerprint density at radius 2 is 2.21 bits per heavy atom. The quantitative estimate of drug-likeness (QED) is 0.770. The molecule has 2 N–H and O–H groups in total. The van der Waals surface area contributed by atoms with Gasteiger partial charge in [-0.25, -0.2) is 0 Å². The maximum atomic E-state index is 12.1. The number of para-hydroxylation sites is 1. The molecule has 0 saturated carbocycles. The molecule has 5 nitrogen and oxygen atoms in total. The molecule has 1 aromatic carbocycles. The van der Waals surface area contributed by atoms with Crippen LogP contribution in [0.5, 0.6) is 0 Å². The van der Waals surface area contributed by atoms with Crippen molar-refractivity contribution >= 4 is 33.3 Å². The first-order chi connectivity index (χ1) is 9.26. The second kappa shape index (κ2) is 4.81. The van der Waals surface area contributed by atoms with Gasteiger partial charge in [0.1, 0.15) is 10.7 Å². The van der Waals surface area contributed by atoms with E-state index in [4.69, 9.17) is 0 Å². The number of aromatic nitrogens is 3. The summed E-state index contributed by atoms with van der Waals surface area (Å²) in [5.41, 5.74) is 1.47. The van der Waals surface area contributed by atoms with E-state index in [2.05, 4.69) is 20.5 Å². The minimum Gasteiger partial charge on any atom is -0.351 e. The molecule has 0 radical (unpaired) electrons. The van der Waals surface area contributed by atoms with E-state index in [-0.39, 0.29) is 5.91 Å². The third-order valence-electron chi connectivity index (χ3n) is 2.76. The van der Waals surface area contributed by atoms with E-state index in [0.29, 0.717) is 10.8 Å². The van der Waals surface area contributed by atoms with E-state index in [0.717, 1.165) is 22.3 Å². The van der Waals surface area contributed by atoms with Crippen molar-refractivity contribution in [3.8, 4) is 0 Å². The molecular weight excluding hydrogens is 260 g/mol. The molecule has 3 aromatic rings. The lowest BCUT2D eigenvalue weighted by Gasteiger charge is -1.96. The molecule has 0 aliphatic rings. The third-order valence-corrected chi connectivity index (χ3v) is 3.75. The number of amides is 1. The first kappa shape index (κ1) is 11.9. The average molecular weight is 272 g/mol. The van der Waals surface area contributed by atoms with E-state index < -0.39 is 0 Å². The van der Waals surface area contributed by atoms with Crippen molar-refractivity contribution in [2.45, 2.75) is 13.3 Å². The van der Waals surface area contributed by atoms with E-state index in [9.17, 15) is 4.79 Å². The highest BCUT2D eigenvalue weighted by Gasteiger charge is 2.12. The second-order valence-corrected chi connectivity index (χ2v) is 5.14. The molecule has 0 atom stereocenters. The summed E-state index contributed by atoms with van der Waals surface area (Å²) in [5.74, 6) is -0.199. The summed E-state index contributed by atoms with van der Waals surface area (Å²) in [7, 11) is 0. The van der Waals surface area contributed by atoms with Crippen molar-refractivity contribution in [1.82, 2.24) is 15.2 Å². The van der Waals surface area contributed by atoms with Crippen molar-refractivity contribution in [1.29, 1.82) is 0 Å². The lowest BCUT2D eigenvalue weighted by atomic mass is 10.2. The Kier molecular flexibility index (Phi) is 3.00. The second-order valence-electron chi connectivity index (χ2n) is 4.08. The molecule has 19 heavy (non-hydrogen) atoms. The van der Waals surface area contributed by atoms with Crippen LogP contribution in [0.3, 0.4) is 0 Å². The predicted octanol–water partition coefficient (Wildman–Crippen LogP) is 2.83. The van der Waals surface area contributed by atoms with Crippen LogP contribution in [-0.4, -0.2) is 21.1 Å². The maximum absolute atomic E-state index is 12.1. The lowest BCUT2D eigenvalue weighted by molar-refractivity contribution is 0.102. The molecule has 3 rings (SSSR count). The zero-order valence-corrected chi connectivity index (χ0v) is 11.1. The fraction of sp³-hybridized carbons (Fsp3) is 0.154. The van der Waals surface area contributed by atoms with Gasteiger partial charge >= 0.3 is 0 Å². The van der Waals surface area contributed by atoms with Crippen molar-refractivity contribution in [2.75, 3.05) is 5.32 Å². The van der Waals surface area contributed by atoms with Gasteiger partial charge < -0.3 is 4.98 Å². The molecule has 0 aliphatic carbocycles. The molecule has 6 heteroatoms. The van der Waals surface area contributed by atoms with Gasteiger partial charge in [0.15, 0.2) is 0 Å². The molecule has 1 amide bonds. The van der Waals surface area contributed by atoms with Crippen molar-refractivity contribution in [3.05, 3.63) is 41.0 Å². The summed E-state index contributed by atoms with van der Waals surface area (Å²) in [6.07, 6.45) is 0.819. The van der Waals surface area contributed by atoms with Crippen LogP contribution in [0.4, 0.5) is 5.13 Å². The SMILES string of the molecule is CCc1nnc(NC(=O)c2cc3ccccc3[nH]2)s1. The Morgan fingerprint density at radius 1 is 1.37 bits per heavy atom. The number of benzene rings is 1. The van der Waals surface area contributed by atoms with Crippen LogP contribution in [-0.2, 0) is 6.42 Å². The van der Waals surface area contributed by atoms with Gasteiger partial charge in [0.05, 0.1) is 0 Å². The van der Waals surface area contributed by atoms with Gasteiger partial charge in [-0.2, -0.15) is 0 Å². The number of aromatic amines is 1. The van der Waals surface area contributed by atoms with E-state index in [1.54, 1.807) is 0 Å². The number of nitrogens with zero attached hydrogens (tertiary/aromatic N) is 2. The van der Waals surface area contributed by atoms with Crippen LogP contribution in [0.15, 0.2) is 30.3 Å².